The molecule has 0 atom stereocenters. The number of hydrazone groups is 1. The van der Waals surface area contributed by atoms with Crippen LogP contribution in [0.2, 0.25) is 10.0 Å². The van der Waals surface area contributed by atoms with Gasteiger partial charge in [0.1, 0.15) is 5.75 Å². The van der Waals surface area contributed by atoms with Gasteiger partial charge in [-0.2, -0.15) is 5.10 Å². The molecule has 7 heteroatoms. The number of benzene rings is 4. The fraction of sp³-hybridized carbons (Fsp3) is 0. The number of esters is 1. The van der Waals surface area contributed by atoms with Gasteiger partial charge in [0.15, 0.2) is 0 Å². The minimum Gasteiger partial charge on any atom is -0.422 e. The Morgan fingerprint density at radius 1 is 0.844 bits per heavy atom. The van der Waals surface area contributed by atoms with E-state index in [9.17, 15) is 9.59 Å². The van der Waals surface area contributed by atoms with Crippen LogP contribution in [0.25, 0.3) is 10.8 Å². The molecule has 0 heterocycles. The van der Waals surface area contributed by atoms with Crippen molar-refractivity contribution in [2.24, 2.45) is 5.10 Å². The number of carbonyl (C=O) groups excluding carboxylic acids is 2. The second kappa shape index (κ2) is 9.64. The summed E-state index contributed by atoms with van der Waals surface area (Å²) >= 11 is 11.9. The summed E-state index contributed by atoms with van der Waals surface area (Å²) in [5.41, 5.74) is 3.62. The van der Waals surface area contributed by atoms with Crippen LogP contribution in [0.5, 0.6) is 5.75 Å². The maximum atomic E-state index is 12.9. The molecule has 0 bridgehead atoms. The van der Waals surface area contributed by atoms with Crippen LogP contribution >= 0.6 is 23.2 Å². The molecule has 4 aromatic carbocycles. The highest BCUT2D eigenvalue weighted by Crippen LogP contribution is 2.23. The van der Waals surface area contributed by atoms with E-state index >= 15 is 0 Å². The largest absolute Gasteiger partial charge is 0.422 e. The molecule has 0 aliphatic carbocycles. The van der Waals surface area contributed by atoms with Gasteiger partial charge >= 0.3 is 5.97 Å². The highest BCUT2D eigenvalue weighted by Gasteiger charge is 2.14. The molecule has 5 nitrogen and oxygen atoms in total. The maximum absolute atomic E-state index is 12.9. The lowest BCUT2D eigenvalue weighted by molar-refractivity contribution is 0.0736. The fourth-order valence-corrected chi connectivity index (χ4v) is 3.63. The molecule has 1 N–H and O–H groups in total. The number of amides is 1. The number of fused-ring (bicyclic) bond motifs is 1. The van der Waals surface area contributed by atoms with Gasteiger partial charge in [0.25, 0.3) is 5.91 Å². The minimum atomic E-state index is -0.492. The average molecular weight is 463 g/mol. The molecule has 4 rings (SSSR count). The Bertz CT molecular complexity index is 1350. The van der Waals surface area contributed by atoms with Crippen LogP contribution in [0, 0.1) is 0 Å². The summed E-state index contributed by atoms with van der Waals surface area (Å²) in [5.74, 6) is -0.666. The van der Waals surface area contributed by atoms with E-state index in [4.69, 9.17) is 27.9 Å². The van der Waals surface area contributed by atoms with Crippen LogP contribution in [-0.2, 0) is 0 Å². The van der Waals surface area contributed by atoms with E-state index in [0.717, 1.165) is 10.8 Å². The molecule has 0 aliphatic rings. The van der Waals surface area contributed by atoms with Crippen molar-refractivity contribution < 1.29 is 14.3 Å². The van der Waals surface area contributed by atoms with Gasteiger partial charge in [-0.15, -0.1) is 0 Å². The molecule has 0 aromatic heterocycles. The number of nitrogens with zero attached hydrogens (tertiary/aromatic N) is 1. The molecule has 0 saturated heterocycles. The number of carbonyl (C=O) groups is 2. The predicted octanol–water partition coefficient (Wildman–Crippen LogP) is 6.13. The van der Waals surface area contributed by atoms with Crippen molar-refractivity contribution in [2.45, 2.75) is 0 Å². The quantitative estimate of drug-likeness (QED) is 0.168. The number of ether oxygens (including phenoxy) is 1. The lowest BCUT2D eigenvalue weighted by Gasteiger charge is -2.09. The molecule has 32 heavy (non-hydrogen) atoms. The van der Waals surface area contributed by atoms with E-state index < -0.39 is 11.9 Å². The van der Waals surface area contributed by atoms with E-state index in [-0.39, 0.29) is 10.6 Å². The number of halogens is 2. The van der Waals surface area contributed by atoms with Crippen LogP contribution in [-0.4, -0.2) is 18.1 Å². The van der Waals surface area contributed by atoms with Crippen LogP contribution in [0.1, 0.15) is 26.3 Å². The molecule has 158 valence electrons. The lowest BCUT2D eigenvalue weighted by atomic mass is 10.0. The van der Waals surface area contributed by atoms with Gasteiger partial charge in [0, 0.05) is 10.6 Å². The Hall–Kier alpha value is -3.67. The Labute approximate surface area is 194 Å². The molecular weight excluding hydrogens is 447 g/mol. The summed E-state index contributed by atoms with van der Waals surface area (Å²) < 4.78 is 5.64. The maximum Gasteiger partial charge on any atom is 0.344 e. The van der Waals surface area contributed by atoms with E-state index in [1.165, 1.54) is 18.3 Å². The molecule has 4 aromatic rings. The molecular formula is C25H16Cl2N2O3. The van der Waals surface area contributed by atoms with Crippen LogP contribution in [0.15, 0.2) is 90.0 Å². The summed E-state index contributed by atoms with van der Waals surface area (Å²) in [5, 5.41) is 6.36. The van der Waals surface area contributed by atoms with Crippen LogP contribution in [0.4, 0.5) is 0 Å². The number of nitrogens with one attached hydrogen (secondary N) is 1. The van der Waals surface area contributed by atoms with Crippen molar-refractivity contribution >= 4 is 52.1 Å². The highest BCUT2D eigenvalue weighted by atomic mass is 35.5. The van der Waals surface area contributed by atoms with Gasteiger partial charge in [-0.05, 0) is 47.2 Å². The van der Waals surface area contributed by atoms with Crippen molar-refractivity contribution in [1.82, 2.24) is 5.43 Å². The number of hydrogen-bond acceptors (Lipinski definition) is 4. The van der Waals surface area contributed by atoms with Gasteiger partial charge in [0.05, 0.1) is 22.4 Å². The van der Waals surface area contributed by atoms with Crippen molar-refractivity contribution in [3.63, 3.8) is 0 Å². The smallest absolute Gasteiger partial charge is 0.344 e. The summed E-state index contributed by atoms with van der Waals surface area (Å²) in [4.78, 5) is 25.2. The van der Waals surface area contributed by atoms with Crippen LogP contribution in [0.3, 0.4) is 0 Å². The summed E-state index contributed by atoms with van der Waals surface area (Å²) in [6.07, 6.45) is 1.40. The summed E-state index contributed by atoms with van der Waals surface area (Å²) in [7, 11) is 0. The average Bonchev–Trinajstić information content (AvgIpc) is 2.79. The van der Waals surface area contributed by atoms with E-state index in [0.29, 0.717) is 21.9 Å². The van der Waals surface area contributed by atoms with E-state index in [2.05, 4.69) is 10.5 Å². The Morgan fingerprint density at radius 3 is 2.44 bits per heavy atom. The second-order valence-electron chi connectivity index (χ2n) is 6.78. The first-order chi connectivity index (χ1) is 15.5. The minimum absolute atomic E-state index is 0.217. The van der Waals surface area contributed by atoms with Crippen molar-refractivity contribution in [2.75, 3.05) is 0 Å². The molecule has 0 aliphatic heterocycles. The molecule has 0 radical (unpaired) electrons. The van der Waals surface area contributed by atoms with E-state index in [1.807, 2.05) is 36.4 Å². The molecule has 0 unspecified atom stereocenters. The standard InChI is InChI=1S/C25H16Cl2N2O3/c26-18-12-13-21(22(27)14-18)24(30)29-28-15-17-7-2-4-11-23(17)32-25(31)20-10-5-8-16-6-1-3-9-19(16)20/h1-15H,(H,29,30)/b28-15-. The van der Waals surface area contributed by atoms with Gasteiger partial charge in [-0.1, -0.05) is 71.7 Å². The van der Waals surface area contributed by atoms with Gasteiger partial charge in [0.2, 0.25) is 0 Å². The third kappa shape index (κ3) is 4.80. The van der Waals surface area contributed by atoms with Crippen molar-refractivity contribution in [1.29, 1.82) is 0 Å². The topological polar surface area (TPSA) is 67.8 Å². The number of para-hydroxylation sites is 1. The van der Waals surface area contributed by atoms with E-state index in [1.54, 1.807) is 36.4 Å². The Morgan fingerprint density at radius 2 is 1.59 bits per heavy atom. The SMILES string of the molecule is O=C(N/N=C\c1ccccc1OC(=O)c1cccc2ccccc12)c1ccc(Cl)cc1Cl. The normalized spacial score (nSPS) is 10.9. The Kier molecular flexibility index (Phi) is 6.50. The van der Waals surface area contributed by atoms with Crippen molar-refractivity contribution in [3.8, 4) is 5.75 Å². The first-order valence-corrected chi connectivity index (χ1v) is 10.4. The lowest BCUT2D eigenvalue weighted by Crippen LogP contribution is -2.18. The first-order valence-electron chi connectivity index (χ1n) is 9.60. The molecule has 1 amide bonds. The summed E-state index contributed by atoms with van der Waals surface area (Å²) in [6.45, 7) is 0. The zero-order valence-electron chi connectivity index (χ0n) is 16.6. The van der Waals surface area contributed by atoms with Gasteiger partial charge in [-0.25, -0.2) is 10.2 Å². The third-order valence-electron chi connectivity index (χ3n) is 4.68. The highest BCUT2D eigenvalue weighted by molar-refractivity contribution is 6.36. The predicted molar refractivity (Wildman–Crippen MR) is 127 cm³/mol. The fourth-order valence-electron chi connectivity index (χ4n) is 3.13. The molecule has 0 saturated carbocycles. The molecule has 0 fully saturated rings. The second-order valence-corrected chi connectivity index (χ2v) is 7.62. The zero-order chi connectivity index (χ0) is 22.5. The monoisotopic (exact) mass is 462 g/mol. The first kappa shape index (κ1) is 21.6. The summed E-state index contributed by atoms with van der Waals surface area (Å²) in [6, 6.07) is 24.5. The third-order valence-corrected chi connectivity index (χ3v) is 5.22. The Balaban J connectivity index is 1.51. The molecule has 0 spiro atoms. The number of hydrogen-bond donors (Lipinski definition) is 1. The van der Waals surface area contributed by atoms with Crippen molar-refractivity contribution in [3.05, 3.63) is 112 Å². The van der Waals surface area contributed by atoms with Gasteiger partial charge in [-0.3, -0.25) is 4.79 Å². The number of rotatable bonds is 5. The van der Waals surface area contributed by atoms with Crippen LogP contribution < -0.4 is 10.2 Å². The zero-order valence-corrected chi connectivity index (χ0v) is 18.1. The van der Waals surface area contributed by atoms with Gasteiger partial charge < -0.3 is 4.74 Å².